The lowest BCUT2D eigenvalue weighted by Crippen LogP contribution is -2.31. The van der Waals surface area contributed by atoms with Gasteiger partial charge in [-0.25, -0.2) is 0 Å². The molecule has 0 spiro atoms. The largest absolute Gasteiger partial charge is 0.392 e. The van der Waals surface area contributed by atoms with Crippen LogP contribution in [0.4, 0.5) is 0 Å². The SMILES string of the molecule is CCCC(O)CN(CC)Cc1ccccc1. The molecule has 0 amide bonds. The maximum absolute atomic E-state index is 9.79. The zero-order valence-corrected chi connectivity index (χ0v) is 10.4. The Bertz CT molecular complexity index is 273. The minimum atomic E-state index is -0.186. The van der Waals surface area contributed by atoms with Crippen LogP contribution in [0, 0.1) is 0 Å². The molecule has 16 heavy (non-hydrogen) atoms. The van der Waals surface area contributed by atoms with E-state index in [4.69, 9.17) is 0 Å². The van der Waals surface area contributed by atoms with E-state index in [-0.39, 0.29) is 6.10 Å². The Kier molecular flexibility index (Phi) is 6.12. The first-order valence-electron chi connectivity index (χ1n) is 6.20. The number of benzene rings is 1. The molecule has 0 fully saturated rings. The summed E-state index contributed by atoms with van der Waals surface area (Å²) in [5, 5.41) is 9.79. The Hall–Kier alpha value is -0.860. The van der Waals surface area contributed by atoms with Gasteiger partial charge in [-0.15, -0.1) is 0 Å². The van der Waals surface area contributed by atoms with Crippen molar-refractivity contribution >= 4 is 0 Å². The van der Waals surface area contributed by atoms with Gasteiger partial charge in [-0.2, -0.15) is 0 Å². The van der Waals surface area contributed by atoms with Crippen molar-refractivity contribution < 1.29 is 5.11 Å². The third-order valence-electron chi connectivity index (χ3n) is 2.79. The minimum absolute atomic E-state index is 0.186. The molecule has 0 aliphatic carbocycles. The predicted molar refractivity (Wildman–Crippen MR) is 68.3 cm³/mol. The van der Waals surface area contributed by atoms with E-state index in [1.54, 1.807) is 0 Å². The Labute approximate surface area is 98.9 Å². The molecule has 0 bridgehead atoms. The number of likely N-dealkylation sites (N-methyl/N-ethyl adjacent to an activating group) is 1. The molecule has 2 heteroatoms. The van der Waals surface area contributed by atoms with Crippen LogP contribution in [0.1, 0.15) is 32.3 Å². The molecular weight excluding hydrogens is 198 g/mol. The maximum Gasteiger partial charge on any atom is 0.0667 e. The van der Waals surface area contributed by atoms with E-state index in [0.29, 0.717) is 0 Å². The first-order chi connectivity index (χ1) is 7.76. The average Bonchev–Trinajstić information content (AvgIpc) is 2.30. The monoisotopic (exact) mass is 221 g/mol. The topological polar surface area (TPSA) is 23.5 Å². The number of hydrogen-bond donors (Lipinski definition) is 1. The van der Waals surface area contributed by atoms with Crippen LogP contribution < -0.4 is 0 Å². The van der Waals surface area contributed by atoms with Crippen LogP contribution >= 0.6 is 0 Å². The van der Waals surface area contributed by atoms with Gasteiger partial charge in [0.2, 0.25) is 0 Å². The van der Waals surface area contributed by atoms with Gasteiger partial charge in [-0.1, -0.05) is 50.6 Å². The maximum atomic E-state index is 9.79. The summed E-state index contributed by atoms with van der Waals surface area (Å²) in [6.45, 7) is 6.94. The summed E-state index contributed by atoms with van der Waals surface area (Å²) in [4.78, 5) is 2.29. The van der Waals surface area contributed by atoms with Gasteiger partial charge in [0.05, 0.1) is 6.10 Å². The molecule has 0 aromatic heterocycles. The first-order valence-corrected chi connectivity index (χ1v) is 6.20. The first kappa shape index (κ1) is 13.2. The molecule has 1 unspecified atom stereocenters. The molecule has 90 valence electrons. The van der Waals surface area contributed by atoms with Crippen molar-refractivity contribution in [3.05, 3.63) is 35.9 Å². The second-order valence-electron chi connectivity index (χ2n) is 4.26. The van der Waals surface area contributed by atoms with Crippen LogP contribution in [-0.2, 0) is 6.54 Å². The van der Waals surface area contributed by atoms with E-state index < -0.39 is 0 Å². The van der Waals surface area contributed by atoms with Gasteiger partial charge in [-0.3, -0.25) is 4.90 Å². The molecule has 1 rings (SSSR count). The number of aliphatic hydroxyl groups excluding tert-OH is 1. The van der Waals surface area contributed by atoms with Crippen molar-refractivity contribution in [2.75, 3.05) is 13.1 Å². The Morgan fingerprint density at radius 2 is 1.88 bits per heavy atom. The van der Waals surface area contributed by atoms with Crippen LogP contribution in [0.15, 0.2) is 30.3 Å². The summed E-state index contributed by atoms with van der Waals surface area (Å²) in [5.74, 6) is 0. The summed E-state index contributed by atoms with van der Waals surface area (Å²) >= 11 is 0. The highest BCUT2D eigenvalue weighted by Gasteiger charge is 2.09. The molecule has 0 aliphatic heterocycles. The number of nitrogens with zero attached hydrogens (tertiary/aromatic N) is 1. The highest BCUT2D eigenvalue weighted by Crippen LogP contribution is 2.06. The molecule has 1 aromatic rings. The van der Waals surface area contributed by atoms with Crippen LogP contribution in [0.2, 0.25) is 0 Å². The number of hydrogen-bond acceptors (Lipinski definition) is 2. The molecule has 0 aliphatic rings. The van der Waals surface area contributed by atoms with Crippen LogP contribution in [0.25, 0.3) is 0 Å². The van der Waals surface area contributed by atoms with Gasteiger partial charge >= 0.3 is 0 Å². The van der Waals surface area contributed by atoms with E-state index in [1.807, 2.05) is 6.07 Å². The summed E-state index contributed by atoms with van der Waals surface area (Å²) in [7, 11) is 0. The van der Waals surface area contributed by atoms with Crippen molar-refractivity contribution in [3.63, 3.8) is 0 Å². The Morgan fingerprint density at radius 3 is 2.44 bits per heavy atom. The van der Waals surface area contributed by atoms with Crippen molar-refractivity contribution in [1.82, 2.24) is 4.90 Å². The third kappa shape index (κ3) is 4.77. The van der Waals surface area contributed by atoms with Crippen molar-refractivity contribution in [2.45, 2.75) is 39.3 Å². The number of aliphatic hydroxyl groups is 1. The molecule has 0 radical (unpaired) electrons. The Balaban J connectivity index is 2.43. The summed E-state index contributed by atoms with van der Waals surface area (Å²) in [5.41, 5.74) is 1.31. The molecule has 1 N–H and O–H groups in total. The fourth-order valence-electron chi connectivity index (χ4n) is 1.87. The van der Waals surface area contributed by atoms with Crippen LogP contribution in [-0.4, -0.2) is 29.2 Å². The molecule has 2 nitrogen and oxygen atoms in total. The fraction of sp³-hybridized carbons (Fsp3) is 0.571. The summed E-state index contributed by atoms with van der Waals surface area (Å²) < 4.78 is 0. The number of rotatable bonds is 7. The minimum Gasteiger partial charge on any atom is -0.392 e. The fourth-order valence-corrected chi connectivity index (χ4v) is 1.87. The molecule has 1 atom stereocenters. The van der Waals surface area contributed by atoms with Crippen LogP contribution in [0.3, 0.4) is 0 Å². The van der Waals surface area contributed by atoms with E-state index in [9.17, 15) is 5.11 Å². The molecule has 0 saturated carbocycles. The summed E-state index contributed by atoms with van der Waals surface area (Å²) in [6.07, 6.45) is 1.75. The van der Waals surface area contributed by atoms with Gasteiger partial charge in [0.1, 0.15) is 0 Å². The lowest BCUT2D eigenvalue weighted by Gasteiger charge is -2.23. The van der Waals surface area contributed by atoms with Gasteiger partial charge < -0.3 is 5.11 Å². The lowest BCUT2D eigenvalue weighted by atomic mass is 10.1. The predicted octanol–water partition coefficient (Wildman–Crippen LogP) is 2.67. The molecule has 1 aromatic carbocycles. The van der Waals surface area contributed by atoms with Crippen molar-refractivity contribution in [1.29, 1.82) is 0 Å². The van der Waals surface area contributed by atoms with Gasteiger partial charge in [0.15, 0.2) is 0 Å². The highest BCUT2D eigenvalue weighted by molar-refractivity contribution is 5.14. The lowest BCUT2D eigenvalue weighted by molar-refractivity contribution is 0.104. The van der Waals surface area contributed by atoms with Crippen molar-refractivity contribution in [2.24, 2.45) is 0 Å². The van der Waals surface area contributed by atoms with Gasteiger partial charge in [0.25, 0.3) is 0 Å². The third-order valence-corrected chi connectivity index (χ3v) is 2.79. The van der Waals surface area contributed by atoms with E-state index in [1.165, 1.54) is 5.56 Å². The molecule has 0 heterocycles. The van der Waals surface area contributed by atoms with Crippen LogP contribution in [0.5, 0.6) is 0 Å². The zero-order valence-electron chi connectivity index (χ0n) is 10.4. The second-order valence-corrected chi connectivity index (χ2v) is 4.26. The normalized spacial score (nSPS) is 13.0. The highest BCUT2D eigenvalue weighted by atomic mass is 16.3. The molecular formula is C14H23NO. The van der Waals surface area contributed by atoms with E-state index in [0.717, 1.165) is 32.5 Å². The smallest absolute Gasteiger partial charge is 0.0667 e. The van der Waals surface area contributed by atoms with Gasteiger partial charge in [-0.05, 0) is 18.5 Å². The second kappa shape index (κ2) is 7.42. The average molecular weight is 221 g/mol. The summed E-state index contributed by atoms with van der Waals surface area (Å²) in [6, 6.07) is 10.4. The van der Waals surface area contributed by atoms with Gasteiger partial charge in [0, 0.05) is 13.1 Å². The Morgan fingerprint density at radius 1 is 1.19 bits per heavy atom. The van der Waals surface area contributed by atoms with Crippen molar-refractivity contribution in [3.8, 4) is 0 Å². The van der Waals surface area contributed by atoms with E-state index >= 15 is 0 Å². The standard InChI is InChI=1S/C14H23NO/c1-3-8-14(16)12-15(4-2)11-13-9-6-5-7-10-13/h5-7,9-10,14,16H,3-4,8,11-12H2,1-2H3. The zero-order chi connectivity index (χ0) is 11.8. The molecule has 0 saturated heterocycles. The van der Waals surface area contributed by atoms with E-state index in [2.05, 4.69) is 43.0 Å². The quantitative estimate of drug-likeness (QED) is 0.765.